The molecule has 0 amide bonds. The van der Waals surface area contributed by atoms with Crippen molar-refractivity contribution in [2.75, 3.05) is 0 Å². The highest BCUT2D eigenvalue weighted by Crippen LogP contribution is 2.45. The maximum Gasteiger partial charge on any atom is -0.0277 e. The van der Waals surface area contributed by atoms with E-state index in [1.165, 1.54) is 51.4 Å². The highest BCUT2D eigenvalue weighted by atomic mass is 14.4. The molecule has 1 saturated carbocycles. The highest BCUT2D eigenvalue weighted by molar-refractivity contribution is 4.85. The van der Waals surface area contributed by atoms with Gasteiger partial charge in [-0.2, -0.15) is 0 Å². The van der Waals surface area contributed by atoms with E-state index in [0.717, 1.165) is 5.92 Å². The Labute approximate surface area is 84.1 Å². The van der Waals surface area contributed by atoms with E-state index in [1.807, 2.05) is 0 Å². The fourth-order valence-electron chi connectivity index (χ4n) is 3.33. The lowest BCUT2D eigenvalue weighted by atomic mass is 9.64. The zero-order valence-electron chi connectivity index (χ0n) is 9.73. The Hall–Kier alpha value is 0. The summed E-state index contributed by atoms with van der Waals surface area (Å²) in [6.45, 7) is 7.17. The molecular formula is C13H26. The molecule has 0 radical (unpaired) electrons. The summed E-state index contributed by atoms with van der Waals surface area (Å²) in [6.07, 6.45) is 11.7. The molecule has 1 fully saturated rings. The van der Waals surface area contributed by atoms with Crippen LogP contribution in [0.2, 0.25) is 0 Å². The summed E-state index contributed by atoms with van der Waals surface area (Å²) in [5.41, 5.74) is 0.695. The van der Waals surface area contributed by atoms with E-state index in [0.29, 0.717) is 5.41 Å². The van der Waals surface area contributed by atoms with Crippen LogP contribution in [-0.2, 0) is 0 Å². The topological polar surface area (TPSA) is 0 Å². The minimum atomic E-state index is 0.695. The van der Waals surface area contributed by atoms with Crippen LogP contribution in [0.4, 0.5) is 0 Å². The van der Waals surface area contributed by atoms with E-state index in [4.69, 9.17) is 0 Å². The van der Waals surface area contributed by atoms with Crippen LogP contribution in [0.5, 0.6) is 0 Å². The Morgan fingerprint density at radius 3 is 1.69 bits per heavy atom. The number of hydrogen-bond acceptors (Lipinski definition) is 0. The second-order valence-corrected chi connectivity index (χ2v) is 4.76. The standard InChI is InChI=1S/C13H26/c1-4-13(5-2,6-3)12-10-8-7-9-11-12/h12H,4-11H2,1-3H3. The molecule has 0 aliphatic heterocycles. The first kappa shape index (κ1) is 11.1. The number of rotatable bonds is 4. The van der Waals surface area contributed by atoms with Gasteiger partial charge in [0.15, 0.2) is 0 Å². The molecule has 0 heterocycles. The third-order valence-electron chi connectivity index (χ3n) is 4.58. The van der Waals surface area contributed by atoms with Crippen LogP contribution in [0.3, 0.4) is 0 Å². The SMILES string of the molecule is CCC(CC)(CC)C1CCCCC1. The van der Waals surface area contributed by atoms with Gasteiger partial charge in [0, 0.05) is 0 Å². The molecule has 78 valence electrons. The second-order valence-electron chi connectivity index (χ2n) is 4.76. The summed E-state index contributed by atoms with van der Waals surface area (Å²) in [7, 11) is 0. The lowest BCUT2D eigenvalue weighted by Gasteiger charge is -2.41. The largest absolute Gasteiger partial charge is 0.0648 e. The Balaban J connectivity index is 2.60. The molecular weight excluding hydrogens is 156 g/mol. The number of hydrogen-bond donors (Lipinski definition) is 0. The van der Waals surface area contributed by atoms with Crippen molar-refractivity contribution in [3.05, 3.63) is 0 Å². The van der Waals surface area contributed by atoms with Crippen molar-refractivity contribution in [1.29, 1.82) is 0 Å². The molecule has 0 nitrogen and oxygen atoms in total. The maximum absolute atomic E-state index is 2.39. The molecule has 0 atom stereocenters. The summed E-state index contributed by atoms with van der Waals surface area (Å²) in [4.78, 5) is 0. The monoisotopic (exact) mass is 182 g/mol. The summed E-state index contributed by atoms with van der Waals surface area (Å²) in [5, 5.41) is 0. The summed E-state index contributed by atoms with van der Waals surface area (Å²) >= 11 is 0. The van der Waals surface area contributed by atoms with Crippen LogP contribution < -0.4 is 0 Å². The molecule has 1 rings (SSSR count). The van der Waals surface area contributed by atoms with Crippen LogP contribution in [0.25, 0.3) is 0 Å². The van der Waals surface area contributed by atoms with Gasteiger partial charge in [-0.1, -0.05) is 59.3 Å². The van der Waals surface area contributed by atoms with Gasteiger partial charge in [-0.3, -0.25) is 0 Å². The van der Waals surface area contributed by atoms with Crippen molar-refractivity contribution in [3.63, 3.8) is 0 Å². The van der Waals surface area contributed by atoms with Gasteiger partial charge in [-0.25, -0.2) is 0 Å². The first-order valence-electron chi connectivity index (χ1n) is 6.29. The normalized spacial score (nSPS) is 20.5. The van der Waals surface area contributed by atoms with Crippen LogP contribution in [0, 0.1) is 11.3 Å². The Kier molecular flexibility index (Phi) is 4.28. The zero-order chi connectivity index (χ0) is 9.73. The molecule has 0 aromatic rings. The molecule has 0 spiro atoms. The van der Waals surface area contributed by atoms with Crippen LogP contribution >= 0.6 is 0 Å². The van der Waals surface area contributed by atoms with E-state index >= 15 is 0 Å². The molecule has 0 heteroatoms. The lowest BCUT2D eigenvalue weighted by molar-refractivity contribution is 0.0984. The van der Waals surface area contributed by atoms with Gasteiger partial charge in [0.25, 0.3) is 0 Å². The Bertz CT molecular complexity index is 119. The van der Waals surface area contributed by atoms with Crippen LogP contribution in [-0.4, -0.2) is 0 Å². The van der Waals surface area contributed by atoms with E-state index in [9.17, 15) is 0 Å². The van der Waals surface area contributed by atoms with Gasteiger partial charge in [0.2, 0.25) is 0 Å². The molecule has 1 aliphatic carbocycles. The van der Waals surface area contributed by atoms with Gasteiger partial charge in [-0.15, -0.1) is 0 Å². The van der Waals surface area contributed by atoms with E-state index in [1.54, 1.807) is 0 Å². The third-order valence-corrected chi connectivity index (χ3v) is 4.58. The van der Waals surface area contributed by atoms with Gasteiger partial charge in [0.05, 0.1) is 0 Å². The van der Waals surface area contributed by atoms with E-state index < -0.39 is 0 Å². The van der Waals surface area contributed by atoms with E-state index in [-0.39, 0.29) is 0 Å². The van der Waals surface area contributed by atoms with Crippen molar-refractivity contribution in [1.82, 2.24) is 0 Å². The van der Waals surface area contributed by atoms with Crippen molar-refractivity contribution in [3.8, 4) is 0 Å². The highest BCUT2D eigenvalue weighted by Gasteiger charge is 2.34. The van der Waals surface area contributed by atoms with Crippen LogP contribution in [0.15, 0.2) is 0 Å². The minimum absolute atomic E-state index is 0.695. The fraction of sp³-hybridized carbons (Fsp3) is 1.00. The molecule has 1 aliphatic rings. The lowest BCUT2D eigenvalue weighted by Crippen LogP contribution is -2.30. The summed E-state index contributed by atoms with van der Waals surface area (Å²) < 4.78 is 0. The summed E-state index contributed by atoms with van der Waals surface area (Å²) in [6, 6.07) is 0. The molecule has 0 bridgehead atoms. The van der Waals surface area contributed by atoms with Gasteiger partial charge in [-0.05, 0) is 24.2 Å². The zero-order valence-corrected chi connectivity index (χ0v) is 9.73. The molecule has 0 aromatic heterocycles. The Morgan fingerprint density at radius 1 is 0.846 bits per heavy atom. The maximum atomic E-state index is 2.39. The molecule has 0 aromatic carbocycles. The van der Waals surface area contributed by atoms with Crippen molar-refractivity contribution >= 4 is 0 Å². The van der Waals surface area contributed by atoms with Gasteiger partial charge >= 0.3 is 0 Å². The average Bonchev–Trinajstić information content (AvgIpc) is 2.23. The third kappa shape index (κ3) is 2.27. The fourth-order valence-corrected chi connectivity index (χ4v) is 3.33. The van der Waals surface area contributed by atoms with Crippen molar-refractivity contribution < 1.29 is 0 Å². The van der Waals surface area contributed by atoms with Crippen molar-refractivity contribution in [2.24, 2.45) is 11.3 Å². The minimum Gasteiger partial charge on any atom is -0.0648 e. The first-order chi connectivity index (χ1) is 6.29. The quantitative estimate of drug-likeness (QED) is 0.587. The first-order valence-corrected chi connectivity index (χ1v) is 6.29. The smallest absolute Gasteiger partial charge is 0.0277 e. The molecule has 0 unspecified atom stereocenters. The second kappa shape index (κ2) is 5.02. The van der Waals surface area contributed by atoms with Gasteiger partial charge in [0.1, 0.15) is 0 Å². The van der Waals surface area contributed by atoms with E-state index in [2.05, 4.69) is 20.8 Å². The van der Waals surface area contributed by atoms with Crippen molar-refractivity contribution in [2.45, 2.75) is 72.1 Å². The Morgan fingerprint density at radius 2 is 1.31 bits per heavy atom. The molecule has 0 saturated heterocycles. The summed E-state index contributed by atoms with van der Waals surface area (Å²) in [5.74, 6) is 1.04. The van der Waals surface area contributed by atoms with Crippen LogP contribution in [0.1, 0.15) is 72.1 Å². The predicted molar refractivity (Wildman–Crippen MR) is 59.9 cm³/mol. The average molecular weight is 182 g/mol. The molecule has 13 heavy (non-hydrogen) atoms. The predicted octanol–water partition coefficient (Wildman–Crippen LogP) is 4.78. The van der Waals surface area contributed by atoms with Gasteiger partial charge < -0.3 is 0 Å². The molecule has 0 N–H and O–H groups in total.